The van der Waals surface area contributed by atoms with E-state index >= 15 is 0 Å². The highest BCUT2D eigenvalue weighted by molar-refractivity contribution is 5.93. The molecule has 8 nitrogen and oxygen atoms in total. The van der Waals surface area contributed by atoms with Gasteiger partial charge in [-0.2, -0.15) is 0 Å². The zero-order valence-corrected chi connectivity index (χ0v) is 20.5. The first-order valence-electron chi connectivity index (χ1n) is 11.6. The fraction of sp³-hybridized carbons (Fsp3) is 0.333. The number of ether oxygens (including phenoxy) is 2. The minimum Gasteiger partial charge on any atom is -0.492 e. The summed E-state index contributed by atoms with van der Waals surface area (Å²) in [4.78, 5) is 29.8. The van der Waals surface area contributed by atoms with Gasteiger partial charge in [-0.15, -0.1) is 0 Å². The molecule has 0 bridgehead atoms. The molecular formula is C27H33N3O5. The lowest BCUT2D eigenvalue weighted by Crippen LogP contribution is -2.45. The molecule has 3 amide bonds. The fourth-order valence-corrected chi connectivity index (χ4v) is 3.56. The van der Waals surface area contributed by atoms with Crippen LogP contribution in [0.25, 0.3) is 0 Å². The molecule has 1 heterocycles. The number of methoxy groups -OCH3 is 1. The van der Waals surface area contributed by atoms with Crippen molar-refractivity contribution in [2.75, 3.05) is 38.7 Å². The number of rotatable bonds is 12. The number of para-hydroxylation sites is 2. The summed E-state index contributed by atoms with van der Waals surface area (Å²) in [6, 6.07) is 20.3. The van der Waals surface area contributed by atoms with E-state index in [1.54, 1.807) is 24.1 Å². The second-order valence-corrected chi connectivity index (χ2v) is 8.02. The SMILES string of the molecule is CCOc1ccccc1NC(=O)N(CCOC)CC(=O)N(Cc1ccccc1)Cc1ccc(C)o1. The van der Waals surface area contributed by atoms with Gasteiger partial charge in [0.1, 0.15) is 23.8 Å². The Morgan fingerprint density at radius 3 is 2.37 bits per heavy atom. The maximum Gasteiger partial charge on any atom is 0.322 e. The third kappa shape index (κ3) is 7.89. The molecule has 0 aliphatic rings. The van der Waals surface area contributed by atoms with Gasteiger partial charge >= 0.3 is 6.03 Å². The monoisotopic (exact) mass is 479 g/mol. The summed E-state index contributed by atoms with van der Waals surface area (Å²) >= 11 is 0. The van der Waals surface area contributed by atoms with Crippen LogP contribution in [0.5, 0.6) is 5.75 Å². The molecule has 0 spiro atoms. The van der Waals surface area contributed by atoms with E-state index in [1.807, 2.05) is 68.4 Å². The van der Waals surface area contributed by atoms with Crippen molar-refractivity contribution in [3.8, 4) is 5.75 Å². The van der Waals surface area contributed by atoms with Crippen molar-refractivity contribution in [3.63, 3.8) is 0 Å². The third-order valence-corrected chi connectivity index (χ3v) is 5.32. The topological polar surface area (TPSA) is 84.2 Å². The number of hydrogen-bond donors (Lipinski definition) is 1. The number of nitrogens with one attached hydrogen (secondary N) is 1. The molecule has 3 rings (SSSR count). The number of amides is 3. The molecule has 0 aliphatic heterocycles. The van der Waals surface area contributed by atoms with Gasteiger partial charge in [0.15, 0.2) is 0 Å². The Morgan fingerprint density at radius 2 is 1.69 bits per heavy atom. The quantitative estimate of drug-likeness (QED) is 0.407. The molecule has 0 aliphatic carbocycles. The van der Waals surface area contributed by atoms with Gasteiger partial charge in [0.05, 0.1) is 25.4 Å². The Morgan fingerprint density at radius 1 is 0.943 bits per heavy atom. The lowest BCUT2D eigenvalue weighted by atomic mass is 10.2. The summed E-state index contributed by atoms with van der Waals surface area (Å²) in [7, 11) is 1.56. The summed E-state index contributed by atoms with van der Waals surface area (Å²) in [6.45, 7) is 5.35. The molecule has 1 aromatic heterocycles. The molecule has 1 N–H and O–H groups in total. The first-order valence-corrected chi connectivity index (χ1v) is 11.6. The molecule has 0 saturated heterocycles. The highest BCUT2D eigenvalue weighted by atomic mass is 16.5. The minimum atomic E-state index is -0.406. The van der Waals surface area contributed by atoms with Gasteiger partial charge in [-0.25, -0.2) is 4.79 Å². The van der Waals surface area contributed by atoms with E-state index in [2.05, 4.69) is 5.32 Å². The highest BCUT2D eigenvalue weighted by Gasteiger charge is 2.23. The second kappa shape index (κ2) is 13.2. The van der Waals surface area contributed by atoms with E-state index in [1.165, 1.54) is 4.90 Å². The predicted octanol–water partition coefficient (Wildman–Crippen LogP) is 4.70. The molecule has 186 valence electrons. The second-order valence-electron chi connectivity index (χ2n) is 8.02. The van der Waals surface area contributed by atoms with Crippen LogP contribution in [0, 0.1) is 6.92 Å². The van der Waals surface area contributed by atoms with Crippen molar-refractivity contribution in [2.45, 2.75) is 26.9 Å². The number of nitrogens with zero attached hydrogens (tertiary/aromatic N) is 2. The summed E-state index contributed by atoms with van der Waals surface area (Å²) in [5, 5.41) is 2.87. The van der Waals surface area contributed by atoms with Gasteiger partial charge in [-0.1, -0.05) is 42.5 Å². The Kier molecular flexibility index (Phi) is 9.74. The number of hydrogen-bond acceptors (Lipinski definition) is 5. The molecule has 0 atom stereocenters. The van der Waals surface area contributed by atoms with E-state index in [4.69, 9.17) is 13.9 Å². The van der Waals surface area contributed by atoms with Gasteiger partial charge in [-0.3, -0.25) is 4.79 Å². The summed E-state index contributed by atoms with van der Waals surface area (Å²) in [6.07, 6.45) is 0. The van der Waals surface area contributed by atoms with Gasteiger partial charge in [0, 0.05) is 20.2 Å². The Hall–Kier alpha value is -3.78. The largest absolute Gasteiger partial charge is 0.492 e. The molecule has 0 saturated carbocycles. The maximum atomic E-state index is 13.5. The average Bonchev–Trinajstić information content (AvgIpc) is 3.27. The van der Waals surface area contributed by atoms with E-state index in [9.17, 15) is 9.59 Å². The number of urea groups is 1. The van der Waals surface area contributed by atoms with Crippen molar-refractivity contribution in [2.24, 2.45) is 0 Å². The summed E-state index contributed by atoms with van der Waals surface area (Å²) in [5.41, 5.74) is 1.53. The smallest absolute Gasteiger partial charge is 0.322 e. The summed E-state index contributed by atoms with van der Waals surface area (Å²) < 4.78 is 16.5. The Balaban J connectivity index is 1.76. The van der Waals surface area contributed by atoms with Gasteiger partial charge < -0.3 is 29.0 Å². The van der Waals surface area contributed by atoms with Crippen LogP contribution in [0.1, 0.15) is 24.0 Å². The molecule has 8 heteroatoms. The molecule has 3 aromatic rings. The minimum absolute atomic E-state index is 0.113. The molecule has 0 radical (unpaired) electrons. The van der Waals surface area contributed by atoms with Gasteiger partial charge in [-0.05, 0) is 43.7 Å². The van der Waals surface area contributed by atoms with Gasteiger partial charge in [0.2, 0.25) is 5.91 Å². The van der Waals surface area contributed by atoms with Crippen LogP contribution < -0.4 is 10.1 Å². The first kappa shape index (κ1) is 25.8. The van der Waals surface area contributed by atoms with Crippen LogP contribution in [0.4, 0.5) is 10.5 Å². The number of anilines is 1. The Bertz CT molecular complexity index is 1080. The molecule has 0 unspecified atom stereocenters. The van der Waals surface area contributed by atoms with E-state index in [0.717, 1.165) is 11.3 Å². The molecular weight excluding hydrogens is 446 g/mol. The van der Waals surface area contributed by atoms with E-state index in [0.29, 0.717) is 43.5 Å². The van der Waals surface area contributed by atoms with Crippen LogP contribution in [-0.2, 0) is 22.6 Å². The highest BCUT2D eigenvalue weighted by Crippen LogP contribution is 2.24. The normalized spacial score (nSPS) is 10.6. The fourth-order valence-electron chi connectivity index (χ4n) is 3.56. The number of carbonyl (C=O) groups excluding carboxylic acids is 2. The number of aryl methyl sites for hydroxylation is 1. The van der Waals surface area contributed by atoms with E-state index in [-0.39, 0.29) is 19.0 Å². The van der Waals surface area contributed by atoms with Gasteiger partial charge in [0.25, 0.3) is 0 Å². The first-order chi connectivity index (χ1) is 17.0. The number of benzene rings is 2. The average molecular weight is 480 g/mol. The third-order valence-electron chi connectivity index (χ3n) is 5.32. The van der Waals surface area contributed by atoms with Crippen LogP contribution in [-0.4, -0.2) is 55.2 Å². The van der Waals surface area contributed by atoms with Crippen LogP contribution >= 0.6 is 0 Å². The molecule has 0 fully saturated rings. The number of carbonyl (C=O) groups is 2. The zero-order valence-electron chi connectivity index (χ0n) is 20.5. The standard InChI is InChI=1S/C27H33N3O5/c1-4-34-25-13-9-8-12-24(25)28-27(32)29(16-17-33-3)20-26(31)30(18-22-10-6-5-7-11-22)19-23-15-14-21(2)35-23/h5-15H,4,16-20H2,1-3H3,(H,28,32). The van der Waals surface area contributed by atoms with Crippen LogP contribution in [0.3, 0.4) is 0 Å². The summed E-state index contributed by atoms with van der Waals surface area (Å²) in [5.74, 6) is 1.83. The van der Waals surface area contributed by atoms with E-state index < -0.39 is 6.03 Å². The molecule has 2 aromatic carbocycles. The van der Waals surface area contributed by atoms with Crippen molar-refractivity contribution in [1.82, 2.24) is 9.80 Å². The predicted molar refractivity (Wildman–Crippen MR) is 134 cm³/mol. The van der Waals surface area contributed by atoms with Crippen LogP contribution in [0.15, 0.2) is 71.1 Å². The molecule has 35 heavy (non-hydrogen) atoms. The van der Waals surface area contributed by atoms with Crippen molar-refractivity contribution in [3.05, 3.63) is 83.8 Å². The zero-order chi connectivity index (χ0) is 25.0. The van der Waals surface area contributed by atoms with Crippen LogP contribution in [0.2, 0.25) is 0 Å². The Labute approximate surface area is 206 Å². The lowest BCUT2D eigenvalue weighted by Gasteiger charge is -2.27. The van der Waals surface area contributed by atoms with Crippen molar-refractivity contribution >= 4 is 17.6 Å². The lowest BCUT2D eigenvalue weighted by molar-refractivity contribution is -0.133. The van der Waals surface area contributed by atoms with Crippen molar-refractivity contribution < 1.29 is 23.5 Å². The number of furan rings is 1. The maximum absolute atomic E-state index is 13.5. The van der Waals surface area contributed by atoms with Crippen molar-refractivity contribution in [1.29, 1.82) is 0 Å².